The molecule has 0 spiro atoms. The largest absolute Gasteiger partial charge is 0.478 e. The lowest BCUT2D eigenvalue weighted by Gasteiger charge is -2.30. The van der Waals surface area contributed by atoms with Crippen LogP contribution in [0.5, 0.6) is 0 Å². The summed E-state index contributed by atoms with van der Waals surface area (Å²) in [5, 5.41) is 13.3. The molecule has 0 saturated carbocycles. The summed E-state index contributed by atoms with van der Waals surface area (Å²) >= 11 is 0. The molecule has 1 aliphatic rings. The van der Waals surface area contributed by atoms with E-state index in [4.69, 9.17) is 9.84 Å². The van der Waals surface area contributed by atoms with Gasteiger partial charge in [-0.15, -0.1) is 0 Å². The topological polar surface area (TPSA) is 77.2 Å². The summed E-state index contributed by atoms with van der Waals surface area (Å²) in [7, 11) is 0. The summed E-state index contributed by atoms with van der Waals surface area (Å²) < 4.78 is 7.96. The molecule has 0 saturated heterocycles. The van der Waals surface area contributed by atoms with Gasteiger partial charge >= 0.3 is 5.97 Å². The summed E-state index contributed by atoms with van der Waals surface area (Å²) in [6, 6.07) is 14.9. The second kappa shape index (κ2) is 5.58. The monoisotopic (exact) mass is 321 g/mol. The summed E-state index contributed by atoms with van der Waals surface area (Å²) in [6.45, 7) is 0.974. The molecule has 1 aliphatic heterocycles. The molecule has 1 N–H and O–H groups in total. The molecule has 2 heterocycles. The second-order valence-corrected chi connectivity index (χ2v) is 5.75. The molecule has 0 aliphatic carbocycles. The standard InChI is InChI=1S/C18H15N3O3/c22-17(23)13-5-7-15(8-6-13)18(10-21-12-19-11-20-21)16-4-2-1-3-14(16)9-24-18/h1-8,11-12H,9-10H2,(H,22,23). The van der Waals surface area contributed by atoms with Gasteiger partial charge < -0.3 is 9.84 Å². The van der Waals surface area contributed by atoms with Gasteiger partial charge in [-0.2, -0.15) is 5.10 Å². The van der Waals surface area contributed by atoms with Gasteiger partial charge in [0.25, 0.3) is 0 Å². The highest BCUT2D eigenvalue weighted by atomic mass is 16.5. The third-order valence-corrected chi connectivity index (χ3v) is 4.38. The zero-order valence-corrected chi connectivity index (χ0v) is 12.8. The van der Waals surface area contributed by atoms with Gasteiger partial charge in [0.15, 0.2) is 0 Å². The number of carboxylic acids is 1. The molecule has 24 heavy (non-hydrogen) atoms. The van der Waals surface area contributed by atoms with E-state index in [1.165, 1.54) is 6.33 Å². The Morgan fingerprint density at radius 2 is 2.00 bits per heavy atom. The summed E-state index contributed by atoms with van der Waals surface area (Å²) in [6.07, 6.45) is 3.14. The van der Waals surface area contributed by atoms with Crippen LogP contribution in [0, 0.1) is 0 Å². The lowest BCUT2D eigenvalue weighted by Crippen LogP contribution is -2.33. The maximum absolute atomic E-state index is 11.1. The van der Waals surface area contributed by atoms with E-state index in [1.54, 1.807) is 23.1 Å². The SMILES string of the molecule is O=C(O)c1ccc(C2(Cn3cncn3)OCc3ccccc32)cc1. The van der Waals surface area contributed by atoms with E-state index in [0.29, 0.717) is 13.2 Å². The van der Waals surface area contributed by atoms with Crippen molar-refractivity contribution in [3.05, 3.63) is 83.4 Å². The van der Waals surface area contributed by atoms with Crippen molar-refractivity contribution in [1.29, 1.82) is 0 Å². The van der Waals surface area contributed by atoms with Crippen molar-refractivity contribution in [3.63, 3.8) is 0 Å². The normalized spacial score (nSPS) is 19.2. The molecular weight excluding hydrogens is 306 g/mol. The Balaban J connectivity index is 1.84. The molecule has 2 aromatic carbocycles. The Labute approximate surface area is 138 Å². The van der Waals surface area contributed by atoms with Crippen LogP contribution in [0.15, 0.2) is 61.2 Å². The molecule has 0 bridgehead atoms. The predicted molar refractivity (Wildman–Crippen MR) is 85.4 cm³/mol. The van der Waals surface area contributed by atoms with Crippen LogP contribution in [0.25, 0.3) is 0 Å². The molecule has 0 fully saturated rings. The number of aromatic carboxylic acids is 1. The molecule has 4 rings (SSSR count). The first kappa shape index (κ1) is 14.6. The molecule has 1 unspecified atom stereocenters. The van der Waals surface area contributed by atoms with Crippen LogP contribution >= 0.6 is 0 Å². The van der Waals surface area contributed by atoms with Crippen LogP contribution < -0.4 is 0 Å². The fourth-order valence-corrected chi connectivity index (χ4v) is 3.20. The van der Waals surface area contributed by atoms with Gasteiger partial charge in [0, 0.05) is 0 Å². The fraction of sp³-hybridized carbons (Fsp3) is 0.167. The highest BCUT2D eigenvalue weighted by molar-refractivity contribution is 5.87. The minimum Gasteiger partial charge on any atom is -0.478 e. The highest BCUT2D eigenvalue weighted by Crippen LogP contribution is 2.43. The number of benzene rings is 2. The third kappa shape index (κ3) is 2.28. The minimum atomic E-state index is -0.945. The number of ether oxygens (including phenoxy) is 1. The van der Waals surface area contributed by atoms with E-state index in [1.807, 2.05) is 36.4 Å². The lowest BCUT2D eigenvalue weighted by atomic mass is 9.85. The van der Waals surface area contributed by atoms with Crippen molar-refractivity contribution in [1.82, 2.24) is 14.8 Å². The van der Waals surface area contributed by atoms with Crippen molar-refractivity contribution in [2.24, 2.45) is 0 Å². The van der Waals surface area contributed by atoms with E-state index in [0.717, 1.165) is 16.7 Å². The molecule has 1 aromatic heterocycles. The van der Waals surface area contributed by atoms with Crippen LogP contribution in [-0.2, 0) is 23.5 Å². The molecule has 120 valence electrons. The first-order valence-electron chi connectivity index (χ1n) is 7.58. The third-order valence-electron chi connectivity index (χ3n) is 4.38. The van der Waals surface area contributed by atoms with Crippen LogP contribution in [0.3, 0.4) is 0 Å². The average molecular weight is 321 g/mol. The van der Waals surface area contributed by atoms with E-state index in [-0.39, 0.29) is 5.56 Å². The van der Waals surface area contributed by atoms with Gasteiger partial charge in [0.05, 0.1) is 18.7 Å². The van der Waals surface area contributed by atoms with Crippen LogP contribution in [0.1, 0.15) is 27.0 Å². The molecule has 3 aromatic rings. The minimum absolute atomic E-state index is 0.251. The first-order valence-corrected chi connectivity index (χ1v) is 7.58. The molecule has 0 radical (unpaired) electrons. The number of hydrogen-bond donors (Lipinski definition) is 1. The van der Waals surface area contributed by atoms with Crippen molar-refractivity contribution < 1.29 is 14.6 Å². The Morgan fingerprint density at radius 1 is 1.21 bits per heavy atom. The summed E-state index contributed by atoms with van der Waals surface area (Å²) in [5.41, 5.74) is 2.64. The lowest BCUT2D eigenvalue weighted by molar-refractivity contribution is -0.0204. The number of carbonyl (C=O) groups is 1. The number of rotatable bonds is 4. The predicted octanol–water partition coefficient (Wildman–Crippen LogP) is 2.45. The van der Waals surface area contributed by atoms with Gasteiger partial charge in [-0.3, -0.25) is 0 Å². The van der Waals surface area contributed by atoms with E-state index < -0.39 is 11.6 Å². The van der Waals surface area contributed by atoms with Crippen LogP contribution in [0.2, 0.25) is 0 Å². The smallest absolute Gasteiger partial charge is 0.335 e. The van der Waals surface area contributed by atoms with Crippen molar-refractivity contribution in [2.75, 3.05) is 0 Å². The quantitative estimate of drug-likeness (QED) is 0.798. The maximum Gasteiger partial charge on any atom is 0.335 e. The fourth-order valence-electron chi connectivity index (χ4n) is 3.20. The van der Waals surface area contributed by atoms with Gasteiger partial charge in [-0.05, 0) is 28.8 Å². The Hall–Kier alpha value is -2.99. The Kier molecular flexibility index (Phi) is 3.39. The summed E-state index contributed by atoms with van der Waals surface area (Å²) in [4.78, 5) is 15.1. The number of carboxylic acid groups (broad SMARTS) is 1. The second-order valence-electron chi connectivity index (χ2n) is 5.75. The Morgan fingerprint density at radius 3 is 2.71 bits per heavy atom. The molecule has 1 atom stereocenters. The highest BCUT2D eigenvalue weighted by Gasteiger charge is 2.42. The molecule has 6 heteroatoms. The van der Waals surface area contributed by atoms with E-state index in [9.17, 15) is 4.79 Å². The molecular formula is C18H15N3O3. The first-order chi connectivity index (χ1) is 11.7. The zero-order valence-electron chi connectivity index (χ0n) is 12.8. The maximum atomic E-state index is 11.1. The van der Waals surface area contributed by atoms with Gasteiger partial charge in [0.1, 0.15) is 18.3 Å². The zero-order chi connectivity index (χ0) is 16.6. The van der Waals surface area contributed by atoms with Gasteiger partial charge in [0.2, 0.25) is 0 Å². The van der Waals surface area contributed by atoms with Gasteiger partial charge in [-0.25, -0.2) is 14.5 Å². The number of nitrogens with zero attached hydrogens (tertiary/aromatic N) is 3. The van der Waals surface area contributed by atoms with Crippen LogP contribution in [-0.4, -0.2) is 25.8 Å². The Bertz CT molecular complexity index is 875. The average Bonchev–Trinajstić information content (AvgIpc) is 3.24. The molecule has 6 nitrogen and oxygen atoms in total. The number of aromatic nitrogens is 3. The number of fused-ring (bicyclic) bond motifs is 1. The summed E-state index contributed by atoms with van der Waals surface area (Å²) in [5.74, 6) is -0.945. The van der Waals surface area contributed by atoms with Crippen molar-refractivity contribution in [3.8, 4) is 0 Å². The van der Waals surface area contributed by atoms with E-state index >= 15 is 0 Å². The van der Waals surface area contributed by atoms with Gasteiger partial charge in [-0.1, -0.05) is 36.4 Å². The van der Waals surface area contributed by atoms with Crippen molar-refractivity contribution in [2.45, 2.75) is 18.8 Å². The number of hydrogen-bond acceptors (Lipinski definition) is 4. The van der Waals surface area contributed by atoms with E-state index in [2.05, 4.69) is 10.1 Å². The molecule has 0 amide bonds. The van der Waals surface area contributed by atoms with Crippen LogP contribution in [0.4, 0.5) is 0 Å². The van der Waals surface area contributed by atoms with Crippen molar-refractivity contribution >= 4 is 5.97 Å².